The Bertz CT molecular complexity index is 886. The summed E-state index contributed by atoms with van der Waals surface area (Å²) >= 11 is 0. The van der Waals surface area contributed by atoms with Gasteiger partial charge in [0, 0.05) is 19.5 Å². The van der Waals surface area contributed by atoms with E-state index in [-0.39, 0.29) is 35.6 Å². The molecule has 0 fully saturated rings. The summed E-state index contributed by atoms with van der Waals surface area (Å²) in [4.78, 5) is 13.9. The monoisotopic (exact) mass is 411 g/mol. The summed E-state index contributed by atoms with van der Waals surface area (Å²) in [7, 11) is -0.116. The Balaban J connectivity index is 1.84. The van der Waals surface area contributed by atoms with Crippen LogP contribution < -0.4 is 10.0 Å². The van der Waals surface area contributed by atoms with Gasteiger partial charge in [-0.2, -0.15) is 0 Å². The maximum Gasteiger partial charge on any atom is 0.240 e. The van der Waals surface area contributed by atoms with Crippen molar-refractivity contribution in [3.8, 4) is 0 Å². The Morgan fingerprint density at radius 2 is 1.54 bits per heavy atom. The maximum absolute atomic E-state index is 13.1. The van der Waals surface area contributed by atoms with Crippen LogP contribution in [0.4, 0.5) is 8.78 Å². The van der Waals surface area contributed by atoms with Crippen molar-refractivity contribution in [2.45, 2.75) is 17.4 Å². The molecule has 0 radical (unpaired) electrons. The van der Waals surface area contributed by atoms with Gasteiger partial charge in [0.15, 0.2) is 0 Å². The van der Waals surface area contributed by atoms with Crippen molar-refractivity contribution in [3.63, 3.8) is 0 Å². The summed E-state index contributed by atoms with van der Waals surface area (Å²) in [5.41, 5.74) is 0.851. The molecule has 9 heteroatoms. The van der Waals surface area contributed by atoms with Gasteiger partial charge in [0.1, 0.15) is 11.6 Å². The van der Waals surface area contributed by atoms with Gasteiger partial charge in [-0.25, -0.2) is 21.9 Å². The molecule has 2 aromatic rings. The molecule has 2 N–H and O–H groups in total. The number of benzene rings is 2. The van der Waals surface area contributed by atoms with Crippen LogP contribution in [0.1, 0.15) is 18.0 Å². The molecule has 1 unspecified atom stereocenters. The fourth-order valence-electron chi connectivity index (χ4n) is 2.58. The van der Waals surface area contributed by atoms with E-state index in [0.717, 1.165) is 29.8 Å². The first-order valence-electron chi connectivity index (χ1n) is 8.63. The van der Waals surface area contributed by atoms with Crippen LogP contribution in [0.25, 0.3) is 0 Å². The van der Waals surface area contributed by atoms with Crippen LogP contribution >= 0.6 is 0 Å². The largest absolute Gasteiger partial charge is 0.354 e. The quantitative estimate of drug-likeness (QED) is 0.662. The SMILES string of the molecule is CN(C)C(CNC(=O)CCNS(=O)(=O)c1ccc(F)cc1)c1ccc(F)cc1. The number of amides is 1. The second-order valence-corrected chi connectivity index (χ2v) is 8.20. The van der Waals surface area contributed by atoms with E-state index in [2.05, 4.69) is 10.0 Å². The minimum atomic E-state index is -3.80. The molecule has 6 nitrogen and oxygen atoms in total. The molecule has 0 saturated carbocycles. The fourth-order valence-corrected chi connectivity index (χ4v) is 3.61. The number of nitrogens with zero attached hydrogens (tertiary/aromatic N) is 1. The normalized spacial score (nSPS) is 12.8. The van der Waals surface area contributed by atoms with Crippen molar-refractivity contribution < 1.29 is 22.0 Å². The predicted molar refractivity (Wildman–Crippen MR) is 102 cm³/mol. The van der Waals surface area contributed by atoms with E-state index in [4.69, 9.17) is 0 Å². The lowest BCUT2D eigenvalue weighted by atomic mass is 10.1. The number of rotatable bonds is 9. The van der Waals surface area contributed by atoms with Crippen LogP contribution in [0.15, 0.2) is 53.4 Å². The predicted octanol–water partition coefficient (Wildman–Crippen LogP) is 2.05. The molecule has 0 heterocycles. The van der Waals surface area contributed by atoms with E-state index in [0.29, 0.717) is 6.54 Å². The highest BCUT2D eigenvalue weighted by molar-refractivity contribution is 7.89. The van der Waals surface area contributed by atoms with E-state index >= 15 is 0 Å². The minimum Gasteiger partial charge on any atom is -0.354 e. The van der Waals surface area contributed by atoms with E-state index in [1.807, 2.05) is 19.0 Å². The fraction of sp³-hybridized carbons (Fsp3) is 0.316. The number of carbonyl (C=O) groups excluding carboxylic acids is 1. The Morgan fingerprint density at radius 3 is 2.07 bits per heavy atom. The molecule has 152 valence electrons. The van der Waals surface area contributed by atoms with Crippen molar-refractivity contribution >= 4 is 15.9 Å². The maximum atomic E-state index is 13.1. The first-order valence-corrected chi connectivity index (χ1v) is 10.1. The Labute approximate surface area is 163 Å². The van der Waals surface area contributed by atoms with Crippen molar-refractivity contribution in [3.05, 3.63) is 65.7 Å². The summed E-state index contributed by atoms with van der Waals surface area (Å²) < 4.78 is 52.5. The van der Waals surface area contributed by atoms with Gasteiger partial charge in [-0.15, -0.1) is 0 Å². The second-order valence-electron chi connectivity index (χ2n) is 6.44. The lowest BCUT2D eigenvalue weighted by Gasteiger charge is -2.25. The standard InChI is InChI=1S/C19H23F2N3O3S/c1-24(2)18(14-3-5-15(20)6-4-14)13-22-19(25)11-12-23-28(26,27)17-9-7-16(21)8-10-17/h3-10,18,23H,11-13H2,1-2H3,(H,22,25). The van der Waals surface area contributed by atoms with Gasteiger partial charge < -0.3 is 10.2 Å². The number of likely N-dealkylation sites (N-methyl/N-ethyl adjacent to an activating group) is 1. The molecule has 2 aromatic carbocycles. The highest BCUT2D eigenvalue weighted by atomic mass is 32.2. The molecule has 0 aliphatic rings. The van der Waals surface area contributed by atoms with Gasteiger partial charge in [0.2, 0.25) is 15.9 Å². The zero-order chi connectivity index (χ0) is 20.7. The average molecular weight is 411 g/mol. The third kappa shape index (κ3) is 6.36. The van der Waals surface area contributed by atoms with Crippen molar-refractivity contribution in [2.24, 2.45) is 0 Å². The number of hydrogen-bond donors (Lipinski definition) is 2. The third-order valence-corrected chi connectivity index (χ3v) is 5.62. The summed E-state index contributed by atoms with van der Waals surface area (Å²) in [6.07, 6.45) is -0.0516. The van der Waals surface area contributed by atoms with Crippen LogP contribution in [0.5, 0.6) is 0 Å². The lowest BCUT2D eigenvalue weighted by Crippen LogP contribution is -2.36. The zero-order valence-corrected chi connectivity index (χ0v) is 16.5. The van der Waals surface area contributed by atoms with Crippen LogP contribution in [0, 0.1) is 11.6 Å². The highest BCUT2D eigenvalue weighted by Crippen LogP contribution is 2.17. The van der Waals surface area contributed by atoms with Gasteiger partial charge in [-0.05, 0) is 56.1 Å². The summed E-state index contributed by atoms with van der Waals surface area (Å²) in [5.74, 6) is -1.19. The molecule has 0 spiro atoms. The second kappa shape index (κ2) is 9.72. The van der Waals surface area contributed by atoms with Crippen LogP contribution in [-0.2, 0) is 14.8 Å². The average Bonchev–Trinajstić information content (AvgIpc) is 2.63. The van der Waals surface area contributed by atoms with Gasteiger partial charge in [-0.1, -0.05) is 12.1 Å². The number of carbonyl (C=O) groups is 1. The van der Waals surface area contributed by atoms with Gasteiger partial charge in [0.25, 0.3) is 0 Å². The molecule has 0 aliphatic heterocycles. The van der Waals surface area contributed by atoms with Crippen molar-refractivity contribution in [1.82, 2.24) is 14.9 Å². The molecule has 0 bridgehead atoms. The van der Waals surface area contributed by atoms with Gasteiger partial charge in [0.05, 0.1) is 10.9 Å². The van der Waals surface area contributed by atoms with Gasteiger partial charge in [-0.3, -0.25) is 4.79 Å². The first-order chi connectivity index (χ1) is 13.2. The summed E-state index contributed by atoms with van der Waals surface area (Å²) in [5, 5.41) is 2.75. The summed E-state index contributed by atoms with van der Waals surface area (Å²) in [6.45, 7) is 0.205. The molecule has 2 rings (SSSR count). The van der Waals surface area contributed by atoms with E-state index in [1.54, 1.807) is 12.1 Å². The molecular weight excluding hydrogens is 388 g/mol. The molecule has 0 saturated heterocycles. The Kier molecular flexibility index (Phi) is 7.61. The minimum absolute atomic E-state index is 0.0516. The topological polar surface area (TPSA) is 78.5 Å². The van der Waals surface area contributed by atoms with Crippen molar-refractivity contribution in [1.29, 1.82) is 0 Å². The van der Waals surface area contributed by atoms with Crippen molar-refractivity contribution in [2.75, 3.05) is 27.2 Å². The molecule has 0 aromatic heterocycles. The van der Waals surface area contributed by atoms with Gasteiger partial charge >= 0.3 is 0 Å². The van der Waals surface area contributed by atoms with Crippen LogP contribution in [0.2, 0.25) is 0 Å². The molecule has 1 amide bonds. The number of halogens is 2. The van der Waals surface area contributed by atoms with E-state index < -0.39 is 15.8 Å². The van der Waals surface area contributed by atoms with E-state index in [1.165, 1.54) is 12.1 Å². The third-order valence-electron chi connectivity index (χ3n) is 4.14. The Morgan fingerprint density at radius 1 is 1.00 bits per heavy atom. The Hall–Kier alpha value is -2.36. The van der Waals surface area contributed by atoms with E-state index in [9.17, 15) is 22.0 Å². The molecular formula is C19H23F2N3O3S. The highest BCUT2D eigenvalue weighted by Gasteiger charge is 2.17. The molecule has 0 aliphatic carbocycles. The lowest BCUT2D eigenvalue weighted by molar-refractivity contribution is -0.121. The zero-order valence-electron chi connectivity index (χ0n) is 15.7. The summed E-state index contributed by atoms with van der Waals surface area (Å²) in [6, 6.07) is 10.3. The first kappa shape index (κ1) is 21.9. The number of hydrogen-bond acceptors (Lipinski definition) is 4. The number of sulfonamides is 1. The van der Waals surface area contributed by atoms with Crippen LogP contribution in [-0.4, -0.2) is 46.4 Å². The molecule has 28 heavy (non-hydrogen) atoms. The number of nitrogens with one attached hydrogen (secondary N) is 2. The smallest absolute Gasteiger partial charge is 0.240 e. The van der Waals surface area contributed by atoms with Crippen LogP contribution in [0.3, 0.4) is 0 Å². The molecule has 1 atom stereocenters.